The van der Waals surface area contributed by atoms with E-state index in [4.69, 9.17) is 4.74 Å². The summed E-state index contributed by atoms with van der Waals surface area (Å²) >= 11 is 0. The zero-order valence-electron chi connectivity index (χ0n) is 20.5. The van der Waals surface area contributed by atoms with Gasteiger partial charge in [-0.1, -0.05) is 57.2 Å². The van der Waals surface area contributed by atoms with E-state index in [1.165, 1.54) is 4.90 Å². The van der Waals surface area contributed by atoms with Crippen LogP contribution in [0.2, 0.25) is 0 Å². The Morgan fingerprint density at radius 2 is 1.44 bits per heavy atom. The number of nitrogens with zero attached hydrogens (tertiary/aromatic N) is 1. The summed E-state index contributed by atoms with van der Waals surface area (Å²) in [4.78, 5) is 28.7. The molecule has 0 saturated heterocycles. The van der Waals surface area contributed by atoms with Crippen molar-refractivity contribution in [1.29, 1.82) is 0 Å². The van der Waals surface area contributed by atoms with Crippen molar-refractivity contribution in [2.24, 2.45) is 0 Å². The molecule has 0 saturated carbocycles. The first kappa shape index (κ1) is 23.3. The van der Waals surface area contributed by atoms with Crippen LogP contribution in [0.4, 0.5) is 11.4 Å². The van der Waals surface area contributed by atoms with E-state index in [9.17, 15) is 9.59 Å². The van der Waals surface area contributed by atoms with Crippen molar-refractivity contribution < 1.29 is 14.3 Å². The van der Waals surface area contributed by atoms with Crippen molar-refractivity contribution in [3.8, 4) is 5.75 Å². The largest absolute Gasteiger partial charge is 0.496 e. The highest BCUT2D eigenvalue weighted by Gasteiger charge is 2.41. The summed E-state index contributed by atoms with van der Waals surface area (Å²) in [5.74, 6) is -0.248. The molecule has 2 amide bonds. The molecule has 0 aromatic heterocycles. The number of carbonyl (C=O) groups excluding carboxylic acids is 2. The average Bonchev–Trinajstić information content (AvgIpc) is 3.01. The summed E-state index contributed by atoms with van der Waals surface area (Å²) in [7, 11) is 1.56. The van der Waals surface area contributed by atoms with E-state index < -0.39 is 5.91 Å². The van der Waals surface area contributed by atoms with Crippen molar-refractivity contribution in [1.82, 2.24) is 0 Å². The lowest BCUT2D eigenvalue weighted by atomic mass is 9.87. The Kier molecular flexibility index (Phi) is 6.05. The Morgan fingerprint density at radius 3 is 2.03 bits per heavy atom. The topological polar surface area (TPSA) is 58.6 Å². The van der Waals surface area contributed by atoms with E-state index >= 15 is 0 Å². The number of carbonyl (C=O) groups is 2. The first-order chi connectivity index (χ1) is 16.1. The van der Waals surface area contributed by atoms with E-state index in [1.54, 1.807) is 19.2 Å². The molecule has 0 atom stereocenters. The fraction of sp³-hybridized carbons (Fsp3) is 0.241. The highest BCUT2D eigenvalue weighted by molar-refractivity contribution is 6.46. The van der Waals surface area contributed by atoms with Gasteiger partial charge in [0, 0.05) is 11.3 Å². The molecule has 3 aromatic rings. The molecule has 0 radical (unpaired) electrons. The van der Waals surface area contributed by atoms with Crippen LogP contribution in [0.15, 0.2) is 72.4 Å². The Labute approximate surface area is 201 Å². The van der Waals surface area contributed by atoms with E-state index in [0.29, 0.717) is 22.6 Å². The number of aryl methyl sites for hydroxylation is 2. The summed E-state index contributed by atoms with van der Waals surface area (Å²) in [6, 6.07) is 20.8. The van der Waals surface area contributed by atoms with Gasteiger partial charge in [0.15, 0.2) is 0 Å². The van der Waals surface area contributed by atoms with Crippen LogP contribution in [0.3, 0.4) is 0 Å². The van der Waals surface area contributed by atoms with Crippen molar-refractivity contribution in [2.75, 3.05) is 17.3 Å². The number of ether oxygens (including phenoxy) is 1. The van der Waals surface area contributed by atoms with Gasteiger partial charge in [0.1, 0.15) is 11.4 Å². The van der Waals surface area contributed by atoms with Crippen LogP contribution in [-0.2, 0) is 15.0 Å². The van der Waals surface area contributed by atoms with Crippen LogP contribution in [0.5, 0.6) is 5.75 Å². The monoisotopic (exact) mass is 454 g/mol. The van der Waals surface area contributed by atoms with Crippen LogP contribution in [0, 0.1) is 13.8 Å². The molecule has 0 aliphatic carbocycles. The molecule has 5 nitrogen and oxygen atoms in total. The molecule has 174 valence electrons. The van der Waals surface area contributed by atoms with E-state index in [1.807, 2.05) is 62.4 Å². The zero-order valence-corrected chi connectivity index (χ0v) is 20.5. The van der Waals surface area contributed by atoms with Crippen molar-refractivity contribution >= 4 is 28.8 Å². The van der Waals surface area contributed by atoms with Crippen molar-refractivity contribution in [2.45, 2.75) is 40.0 Å². The third-order valence-corrected chi connectivity index (χ3v) is 5.94. The number of hydrogen-bond donors (Lipinski definition) is 1. The van der Waals surface area contributed by atoms with Gasteiger partial charge in [0.05, 0.1) is 18.4 Å². The first-order valence-electron chi connectivity index (χ1n) is 11.3. The molecular weight excluding hydrogens is 424 g/mol. The predicted molar refractivity (Wildman–Crippen MR) is 137 cm³/mol. The number of benzene rings is 3. The Balaban J connectivity index is 1.83. The fourth-order valence-electron chi connectivity index (χ4n) is 4.28. The SMILES string of the molecule is COc1ccccc1C1=C(Nc2cc(C)cc(C)c2)C(=O)N(c2ccc(C(C)(C)C)cc2)C1=O. The fourth-order valence-corrected chi connectivity index (χ4v) is 4.28. The van der Waals surface area contributed by atoms with Crippen LogP contribution in [0.1, 0.15) is 43.0 Å². The smallest absolute Gasteiger partial charge is 0.282 e. The minimum atomic E-state index is -0.395. The van der Waals surface area contributed by atoms with E-state index in [-0.39, 0.29) is 17.0 Å². The van der Waals surface area contributed by atoms with Gasteiger partial charge in [-0.15, -0.1) is 0 Å². The molecule has 1 aliphatic heterocycles. The molecule has 1 N–H and O–H groups in total. The Morgan fingerprint density at radius 1 is 0.824 bits per heavy atom. The molecular formula is C29H30N2O3. The van der Waals surface area contributed by atoms with Gasteiger partial charge in [-0.2, -0.15) is 0 Å². The molecule has 4 rings (SSSR count). The molecule has 0 fully saturated rings. The minimum Gasteiger partial charge on any atom is -0.496 e. The molecule has 0 spiro atoms. The molecule has 1 aliphatic rings. The lowest BCUT2D eigenvalue weighted by Gasteiger charge is -2.21. The van der Waals surface area contributed by atoms with Crippen molar-refractivity contribution in [3.63, 3.8) is 0 Å². The summed E-state index contributed by atoms with van der Waals surface area (Å²) in [5, 5.41) is 3.25. The number of rotatable bonds is 5. The number of imide groups is 1. The first-order valence-corrected chi connectivity index (χ1v) is 11.3. The summed E-state index contributed by atoms with van der Waals surface area (Å²) in [6.45, 7) is 10.4. The standard InChI is InChI=1S/C29H30N2O3/c1-18-15-19(2)17-21(16-18)30-26-25(23-9-7-8-10-24(23)34-6)27(32)31(28(26)33)22-13-11-20(12-14-22)29(3,4)5/h7-17,30H,1-6H3. The molecule has 5 heteroatoms. The highest BCUT2D eigenvalue weighted by atomic mass is 16.5. The van der Waals surface area contributed by atoms with Crippen LogP contribution < -0.4 is 15.0 Å². The van der Waals surface area contributed by atoms with Gasteiger partial charge in [-0.3, -0.25) is 9.59 Å². The van der Waals surface area contributed by atoms with Crippen molar-refractivity contribution in [3.05, 3.63) is 94.7 Å². The molecule has 0 bridgehead atoms. The predicted octanol–water partition coefficient (Wildman–Crippen LogP) is 6.01. The lowest BCUT2D eigenvalue weighted by Crippen LogP contribution is -2.32. The average molecular weight is 455 g/mol. The number of nitrogens with one attached hydrogen (secondary N) is 1. The van der Waals surface area contributed by atoms with E-state index in [2.05, 4.69) is 32.2 Å². The third-order valence-electron chi connectivity index (χ3n) is 5.94. The van der Waals surface area contributed by atoms with Crippen LogP contribution >= 0.6 is 0 Å². The zero-order chi connectivity index (χ0) is 24.6. The number of para-hydroxylation sites is 1. The summed E-state index contributed by atoms with van der Waals surface area (Å²) in [6.07, 6.45) is 0. The Bertz CT molecular complexity index is 1280. The Hall–Kier alpha value is -3.86. The van der Waals surface area contributed by atoms with Gasteiger partial charge in [-0.25, -0.2) is 4.90 Å². The number of amides is 2. The second-order valence-corrected chi connectivity index (χ2v) is 9.69. The quantitative estimate of drug-likeness (QED) is 0.480. The second-order valence-electron chi connectivity index (χ2n) is 9.69. The van der Waals surface area contributed by atoms with Gasteiger partial charge in [0.2, 0.25) is 0 Å². The maximum absolute atomic E-state index is 13.8. The lowest BCUT2D eigenvalue weighted by molar-refractivity contribution is -0.120. The maximum atomic E-state index is 13.8. The third kappa shape index (κ3) is 4.34. The second kappa shape index (κ2) is 8.82. The van der Waals surface area contributed by atoms with Gasteiger partial charge in [-0.05, 0) is 66.3 Å². The molecule has 34 heavy (non-hydrogen) atoms. The van der Waals surface area contributed by atoms with Gasteiger partial charge in [0.25, 0.3) is 11.8 Å². The molecule has 3 aromatic carbocycles. The minimum absolute atomic E-state index is 0.0336. The summed E-state index contributed by atoms with van der Waals surface area (Å²) in [5.41, 5.74) is 5.61. The van der Waals surface area contributed by atoms with Gasteiger partial charge >= 0.3 is 0 Å². The van der Waals surface area contributed by atoms with E-state index in [0.717, 1.165) is 22.4 Å². The number of methoxy groups -OCH3 is 1. The molecule has 0 unspecified atom stereocenters. The molecule has 1 heterocycles. The number of hydrogen-bond acceptors (Lipinski definition) is 4. The normalized spacial score (nSPS) is 14.1. The van der Waals surface area contributed by atoms with Gasteiger partial charge < -0.3 is 10.1 Å². The van der Waals surface area contributed by atoms with Crippen LogP contribution in [0.25, 0.3) is 5.57 Å². The maximum Gasteiger partial charge on any atom is 0.282 e. The number of anilines is 2. The highest BCUT2D eigenvalue weighted by Crippen LogP contribution is 2.38. The summed E-state index contributed by atoms with van der Waals surface area (Å²) < 4.78 is 5.53. The van der Waals surface area contributed by atoms with Crippen LogP contribution in [-0.4, -0.2) is 18.9 Å².